The van der Waals surface area contributed by atoms with Crippen molar-refractivity contribution in [1.29, 1.82) is 0 Å². The van der Waals surface area contributed by atoms with E-state index in [4.69, 9.17) is 0 Å². The van der Waals surface area contributed by atoms with Crippen LogP contribution in [0.2, 0.25) is 0 Å². The number of anilines is 2. The first kappa shape index (κ1) is 17.5. The van der Waals surface area contributed by atoms with Gasteiger partial charge in [-0.25, -0.2) is 9.80 Å². The fraction of sp³-hybridized carbons (Fsp3) is 0.100. The summed E-state index contributed by atoms with van der Waals surface area (Å²) in [5.41, 5.74) is 1.36. The second kappa shape index (κ2) is 5.78. The Balaban J connectivity index is 1.76. The average Bonchev–Trinajstić information content (AvgIpc) is 3.05. The van der Waals surface area contributed by atoms with Gasteiger partial charge >= 0.3 is 23.6 Å². The van der Waals surface area contributed by atoms with Crippen molar-refractivity contribution in [2.45, 2.75) is 13.8 Å². The molecule has 0 aromatic heterocycles. The van der Waals surface area contributed by atoms with Gasteiger partial charge < -0.3 is 0 Å². The van der Waals surface area contributed by atoms with E-state index in [9.17, 15) is 28.8 Å². The van der Waals surface area contributed by atoms with Gasteiger partial charge in [-0.1, -0.05) is 23.3 Å². The monoisotopic (exact) mass is 376 g/mol. The molecule has 2 heterocycles. The molecule has 0 fully saturated rings. The van der Waals surface area contributed by atoms with Gasteiger partial charge in [0.2, 0.25) is 0 Å². The number of Topliss-reactive ketones (excluding diaryl/α,β-unsaturated/α-hetero) is 2. The minimum atomic E-state index is -1.38. The van der Waals surface area contributed by atoms with Crippen molar-refractivity contribution in [2.75, 3.05) is 9.80 Å². The Morgan fingerprint density at radius 3 is 1.36 bits per heavy atom. The van der Waals surface area contributed by atoms with Gasteiger partial charge in [-0.3, -0.25) is 28.8 Å². The molecule has 0 bridgehead atoms. The predicted octanol–water partition coefficient (Wildman–Crippen LogP) is 1.12. The van der Waals surface area contributed by atoms with Gasteiger partial charge in [0, 0.05) is 0 Å². The molecular formula is C20H12N2O6. The molecule has 2 aromatic rings. The Kier molecular flexibility index (Phi) is 3.61. The van der Waals surface area contributed by atoms with Gasteiger partial charge in [-0.15, -0.1) is 0 Å². The van der Waals surface area contributed by atoms with Gasteiger partial charge in [0.15, 0.2) is 0 Å². The molecule has 0 aliphatic carbocycles. The van der Waals surface area contributed by atoms with Crippen LogP contribution in [0.1, 0.15) is 31.8 Å². The van der Waals surface area contributed by atoms with Crippen molar-refractivity contribution in [1.82, 2.24) is 0 Å². The SMILES string of the molecule is Cc1ccc2c(c1)C(=O)C(=O)N2C(=O)C(=O)N1C(=O)C(=O)c2cc(C)ccc21. The van der Waals surface area contributed by atoms with E-state index in [1.807, 2.05) is 0 Å². The highest BCUT2D eigenvalue weighted by molar-refractivity contribution is 6.67. The smallest absolute Gasteiger partial charge is 0.283 e. The van der Waals surface area contributed by atoms with Crippen molar-refractivity contribution >= 4 is 46.6 Å². The molecule has 0 saturated heterocycles. The third-order valence-electron chi connectivity index (χ3n) is 4.66. The van der Waals surface area contributed by atoms with Gasteiger partial charge in [0.05, 0.1) is 22.5 Å². The molecule has 0 radical (unpaired) electrons. The van der Waals surface area contributed by atoms with Gasteiger partial charge in [-0.2, -0.15) is 0 Å². The normalized spacial score (nSPS) is 15.2. The second-order valence-corrected chi connectivity index (χ2v) is 6.59. The zero-order valence-electron chi connectivity index (χ0n) is 14.8. The zero-order valence-corrected chi connectivity index (χ0v) is 14.8. The van der Waals surface area contributed by atoms with Crippen molar-refractivity contribution < 1.29 is 28.8 Å². The Morgan fingerprint density at radius 1 is 0.643 bits per heavy atom. The molecule has 0 unspecified atom stereocenters. The van der Waals surface area contributed by atoms with Crippen LogP contribution in [-0.2, 0) is 19.2 Å². The zero-order chi connectivity index (χ0) is 20.3. The van der Waals surface area contributed by atoms with Crippen molar-refractivity contribution in [3.63, 3.8) is 0 Å². The predicted molar refractivity (Wildman–Crippen MR) is 96.0 cm³/mol. The fourth-order valence-corrected chi connectivity index (χ4v) is 3.30. The molecule has 8 heteroatoms. The molecule has 0 N–H and O–H groups in total. The number of benzene rings is 2. The largest absolute Gasteiger partial charge is 0.324 e. The standard InChI is InChI=1S/C20H12N2O6/c1-9-3-5-13-11(7-9)15(23)17(25)21(13)19(27)20(28)22-14-6-4-10(2)8-12(14)16(24)18(22)26/h3-8H,1-2H3. The number of hydrogen-bond acceptors (Lipinski definition) is 6. The molecule has 0 saturated carbocycles. The molecule has 4 amide bonds. The molecule has 0 spiro atoms. The summed E-state index contributed by atoms with van der Waals surface area (Å²) in [5.74, 6) is -6.95. The number of nitrogens with zero attached hydrogens (tertiary/aromatic N) is 2. The lowest BCUT2D eigenvalue weighted by Crippen LogP contribution is -2.49. The van der Waals surface area contributed by atoms with E-state index < -0.39 is 35.2 Å². The molecule has 4 rings (SSSR count). The van der Waals surface area contributed by atoms with E-state index in [1.54, 1.807) is 26.0 Å². The molecule has 28 heavy (non-hydrogen) atoms. The summed E-state index contributed by atoms with van der Waals surface area (Å²) in [6.07, 6.45) is 0. The highest BCUT2D eigenvalue weighted by atomic mass is 16.2. The maximum Gasteiger partial charge on any atom is 0.324 e. The lowest BCUT2D eigenvalue weighted by molar-refractivity contribution is -0.139. The maximum absolute atomic E-state index is 12.8. The number of amides is 4. The number of fused-ring (bicyclic) bond motifs is 2. The fourth-order valence-electron chi connectivity index (χ4n) is 3.30. The summed E-state index contributed by atoms with van der Waals surface area (Å²) in [6.45, 7) is 3.42. The number of rotatable bonds is 0. The molecule has 2 aliphatic rings. The minimum Gasteiger partial charge on any atom is -0.283 e. The van der Waals surface area contributed by atoms with Crippen LogP contribution in [-0.4, -0.2) is 35.2 Å². The summed E-state index contributed by atoms with van der Waals surface area (Å²) in [5, 5.41) is 0. The molecule has 0 atom stereocenters. The quantitative estimate of drug-likeness (QED) is 0.638. The van der Waals surface area contributed by atoms with E-state index in [0.29, 0.717) is 20.9 Å². The first-order chi connectivity index (χ1) is 13.2. The number of imide groups is 2. The van der Waals surface area contributed by atoms with Gasteiger partial charge in [-0.05, 0) is 38.1 Å². The Bertz CT molecular complexity index is 1070. The maximum atomic E-state index is 12.8. The van der Waals surface area contributed by atoms with E-state index in [2.05, 4.69) is 0 Å². The highest BCUT2D eigenvalue weighted by Crippen LogP contribution is 2.33. The lowest BCUT2D eigenvalue weighted by Gasteiger charge is -2.18. The van der Waals surface area contributed by atoms with Gasteiger partial charge in [0.1, 0.15) is 0 Å². The Hall–Kier alpha value is -3.94. The highest BCUT2D eigenvalue weighted by Gasteiger charge is 2.47. The molecule has 2 aliphatic heterocycles. The van der Waals surface area contributed by atoms with Crippen molar-refractivity contribution in [3.05, 3.63) is 58.7 Å². The second-order valence-electron chi connectivity index (χ2n) is 6.59. The van der Waals surface area contributed by atoms with Crippen LogP contribution in [0.4, 0.5) is 11.4 Å². The van der Waals surface area contributed by atoms with Crippen LogP contribution in [0.3, 0.4) is 0 Å². The summed E-state index contributed by atoms with van der Waals surface area (Å²) in [7, 11) is 0. The summed E-state index contributed by atoms with van der Waals surface area (Å²) in [4.78, 5) is 75.4. The first-order valence-electron chi connectivity index (χ1n) is 8.29. The topological polar surface area (TPSA) is 109 Å². The van der Waals surface area contributed by atoms with Crippen LogP contribution in [0, 0.1) is 13.8 Å². The summed E-state index contributed by atoms with van der Waals surface area (Å²) in [6, 6.07) is 8.81. The molecule has 2 aromatic carbocycles. The lowest BCUT2D eigenvalue weighted by atomic mass is 10.1. The number of hydrogen-bond donors (Lipinski definition) is 0. The summed E-state index contributed by atoms with van der Waals surface area (Å²) >= 11 is 0. The Morgan fingerprint density at radius 2 is 1.00 bits per heavy atom. The van der Waals surface area contributed by atoms with Crippen LogP contribution in [0.25, 0.3) is 0 Å². The van der Waals surface area contributed by atoms with Crippen molar-refractivity contribution in [2.24, 2.45) is 0 Å². The van der Waals surface area contributed by atoms with Crippen molar-refractivity contribution in [3.8, 4) is 0 Å². The van der Waals surface area contributed by atoms with Crippen LogP contribution >= 0.6 is 0 Å². The number of carbonyl (C=O) groups excluding carboxylic acids is 6. The number of aryl methyl sites for hydroxylation is 2. The molecule has 138 valence electrons. The molecule has 8 nitrogen and oxygen atoms in total. The third kappa shape index (κ3) is 2.24. The third-order valence-corrected chi connectivity index (χ3v) is 4.66. The van der Waals surface area contributed by atoms with E-state index in [-0.39, 0.29) is 22.5 Å². The summed E-state index contributed by atoms with van der Waals surface area (Å²) < 4.78 is 0. The minimum absolute atomic E-state index is 0.00556. The van der Waals surface area contributed by atoms with Gasteiger partial charge in [0.25, 0.3) is 11.6 Å². The van der Waals surface area contributed by atoms with Crippen LogP contribution in [0.15, 0.2) is 36.4 Å². The van der Waals surface area contributed by atoms with Crippen LogP contribution < -0.4 is 9.80 Å². The number of carbonyl (C=O) groups is 6. The number of ketones is 2. The van der Waals surface area contributed by atoms with Crippen LogP contribution in [0.5, 0.6) is 0 Å². The van der Waals surface area contributed by atoms with E-state index in [1.165, 1.54) is 24.3 Å². The first-order valence-corrected chi connectivity index (χ1v) is 8.29. The molecular weight excluding hydrogens is 364 g/mol. The Labute approximate surface area is 158 Å². The van der Waals surface area contributed by atoms with E-state index in [0.717, 1.165) is 0 Å². The van der Waals surface area contributed by atoms with E-state index >= 15 is 0 Å². The average molecular weight is 376 g/mol.